The number of nitrogens with zero attached hydrogens (tertiary/aromatic N) is 1. The molecule has 0 spiro atoms. The maximum atomic E-state index is 13.6. The maximum absolute atomic E-state index is 13.6. The summed E-state index contributed by atoms with van der Waals surface area (Å²) in [5.41, 5.74) is 0.891. The highest BCUT2D eigenvalue weighted by atomic mass is 19.1. The SMILES string of the molecule is CCC(C)N(C)CCNC1CC(c2ccccc2F)C1. The first-order valence-corrected chi connectivity index (χ1v) is 7.79. The number of benzene rings is 1. The second kappa shape index (κ2) is 7.19. The third kappa shape index (κ3) is 3.80. The molecule has 1 aliphatic rings. The molecule has 2 nitrogen and oxygen atoms in total. The van der Waals surface area contributed by atoms with Crippen molar-refractivity contribution >= 4 is 0 Å². The number of hydrogen-bond acceptors (Lipinski definition) is 2. The Hall–Kier alpha value is -0.930. The van der Waals surface area contributed by atoms with Crippen molar-refractivity contribution < 1.29 is 4.39 Å². The van der Waals surface area contributed by atoms with Crippen LogP contribution in [0.5, 0.6) is 0 Å². The van der Waals surface area contributed by atoms with Gasteiger partial charge in [0.05, 0.1) is 0 Å². The van der Waals surface area contributed by atoms with Crippen molar-refractivity contribution in [1.29, 1.82) is 0 Å². The molecular formula is C17H27FN2. The van der Waals surface area contributed by atoms with E-state index in [2.05, 4.69) is 31.1 Å². The van der Waals surface area contributed by atoms with E-state index in [0.717, 1.165) is 31.5 Å². The fourth-order valence-corrected chi connectivity index (χ4v) is 2.82. The monoisotopic (exact) mass is 278 g/mol. The molecule has 0 bridgehead atoms. The van der Waals surface area contributed by atoms with Gasteiger partial charge in [-0.3, -0.25) is 0 Å². The Kier molecular flexibility index (Phi) is 5.55. The lowest BCUT2D eigenvalue weighted by molar-refractivity contribution is 0.228. The van der Waals surface area contributed by atoms with E-state index in [1.54, 1.807) is 12.1 Å². The lowest BCUT2D eigenvalue weighted by Gasteiger charge is -2.37. The number of halogens is 1. The van der Waals surface area contributed by atoms with Gasteiger partial charge in [0.25, 0.3) is 0 Å². The smallest absolute Gasteiger partial charge is 0.126 e. The highest BCUT2D eigenvalue weighted by molar-refractivity contribution is 5.24. The molecule has 0 amide bonds. The Balaban J connectivity index is 1.66. The number of nitrogens with one attached hydrogen (secondary N) is 1. The van der Waals surface area contributed by atoms with Crippen molar-refractivity contribution in [3.05, 3.63) is 35.6 Å². The van der Waals surface area contributed by atoms with Gasteiger partial charge in [0.15, 0.2) is 0 Å². The quantitative estimate of drug-likeness (QED) is 0.822. The van der Waals surface area contributed by atoms with Gasteiger partial charge in [-0.1, -0.05) is 25.1 Å². The van der Waals surface area contributed by atoms with Gasteiger partial charge < -0.3 is 10.2 Å². The van der Waals surface area contributed by atoms with Gasteiger partial charge in [-0.25, -0.2) is 4.39 Å². The zero-order chi connectivity index (χ0) is 14.5. The van der Waals surface area contributed by atoms with Crippen LogP contribution in [-0.4, -0.2) is 37.1 Å². The molecule has 2 rings (SSSR count). The molecule has 20 heavy (non-hydrogen) atoms. The summed E-state index contributed by atoms with van der Waals surface area (Å²) in [5.74, 6) is 0.355. The van der Waals surface area contributed by atoms with E-state index < -0.39 is 0 Å². The van der Waals surface area contributed by atoms with Crippen LogP contribution in [0, 0.1) is 5.82 Å². The predicted octanol–water partition coefficient (Wildman–Crippen LogP) is 3.39. The van der Waals surface area contributed by atoms with E-state index >= 15 is 0 Å². The predicted molar refractivity (Wildman–Crippen MR) is 82.5 cm³/mol. The molecule has 1 saturated carbocycles. The number of likely N-dealkylation sites (N-methyl/N-ethyl adjacent to an activating group) is 1. The van der Waals surface area contributed by atoms with E-state index in [-0.39, 0.29) is 5.82 Å². The summed E-state index contributed by atoms with van der Waals surface area (Å²) in [7, 11) is 2.18. The minimum absolute atomic E-state index is 0.0487. The molecule has 0 saturated heterocycles. The van der Waals surface area contributed by atoms with Gasteiger partial charge in [0.1, 0.15) is 5.82 Å². The van der Waals surface area contributed by atoms with E-state index in [9.17, 15) is 4.39 Å². The zero-order valence-electron chi connectivity index (χ0n) is 12.9. The molecule has 0 heterocycles. The third-order valence-electron chi connectivity index (χ3n) is 4.72. The number of hydrogen-bond donors (Lipinski definition) is 1. The lowest BCUT2D eigenvalue weighted by Crippen LogP contribution is -2.44. The standard InChI is InChI=1S/C17H27FN2/c1-4-13(2)20(3)10-9-19-15-11-14(12-15)16-7-5-6-8-17(16)18/h5-8,13-15,19H,4,9-12H2,1-3H3. The maximum Gasteiger partial charge on any atom is 0.126 e. The fraction of sp³-hybridized carbons (Fsp3) is 0.647. The molecule has 1 unspecified atom stereocenters. The lowest BCUT2D eigenvalue weighted by atomic mass is 9.75. The first-order chi connectivity index (χ1) is 9.61. The highest BCUT2D eigenvalue weighted by Gasteiger charge is 2.31. The van der Waals surface area contributed by atoms with Crippen molar-refractivity contribution in [1.82, 2.24) is 10.2 Å². The van der Waals surface area contributed by atoms with Crippen molar-refractivity contribution in [3.63, 3.8) is 0 Å². The molecule has 1 fully saturated rings. The summed E-state index contributed by atoms with van der Waals surface area (Å²) < 4.78 is 13.6. The Morgan fingerprint density at radius 3 is 2.70 bits per heavy atom. The van der Waals surface area contributed by atoms with Crippen LogP contribution in [0.2, 0.25) is 0 Å². The van der Waals surface area contributed by atoms with Gasteiger partial charge in [-0.05, 0) is 50.8 Å². The minimum atomic E-state index is -0.0487. The Labute approximate surface area is 122 Å². The van der Waals surface area contributed by atoms with Crippen molar-refractivity contribution in [2.24, 2.45) is 0 Å². The molecular weight excluding hydrogens is 251 g/mol. The normalized spacial score (nSPS) is 23.6. The molecule has 1 aromatic carbocycles. The summed E-state index contributed by atoms with van der Waals surface area (Å²) in [5, 5.41) is 3.58. The molecule has 1 aliphatic carbocycles. The number of rotatable bonds is 7. The van der Waals surface area contributed by atoms with Crippen LogP contribution in [-0.2, 0) is 0 Å². The van der Waals surface area contributed by atoms with E-state index in [1.165, 1.54) is 6.42 Å². The largest absolute Gasteiger partial charge is 0.313 e. The average molecular weight is 278 g/mol. The van der Waals surface area contributed by atoms with Crippen molar-refractivity contribution in [3.8, 4) is 0 Å². The Morgan fingerprint density at radius 2 is 2.05 bits per heavy atom. The Morgan fingerprint density at radius 1 is 1.35 bits per heavy atom. The second-order valence-electron chi connectivity index (χ2n) is 6.08. The van der Waals surface area contributed by atoms with E-state index in [1.807, 2.05) is 12.1 Å². The molecule has 1 N–H and O–H groups in total. The second-order valence-corrected chi connectivity index (χ2v) is 6.08. The van der Waals surface area contributed by atoms with Gasteiger partial charge in [-0.15, -0.1) is 0 Å². The molecule has 3 heteroatoms. The summed E-state index contributed by atoms with van der Waals surface area (Å²) in [6.45, 7) is 6.59. The minimum Gasteiger partial charge on any atom is -0.313 e. The third-order valence-corrected chi connectivity index (χ3v) is 4.72. The molecule has 0 aliphatic heterocycles. The summed E-state index contributed by atoms with van der Waals surface area (Å²) in [6.07, 6.45) is 3.32. The first-order valence-electron chi connectivity index (χ1n) is 7.79. The van der Waals surface area contributed by atoms with Crippen LogP contribution >= 0.6 is 0 Å². The molecule has 112 valence electrons. The van der Waals surface area contributed by atoms with Gasteiger partial charge in [0.2, 0.25) is 0 Å². The van der Waals surface area contributed by atoms with Crippen LogP contribution in [0.3, 0.4) is 0 Å². The van der Waals surface area contributed by atoms with Crippen molar-refractivity contribution in [2.75, 3.05) is 20.1 Å². The van der Waals surface area contributed by atoms with E-state index in [0.29, 0.717) is 18.0 Å². The average Bonchev–Trinajstić information content (AvgIpc) is 2.41. The van der Waals surface area contributed by atoms with Crippen LogP contribution in [0.25, 0.3) is 0 Å². The first kappa shape index (κ1) is 15.5. The van der Waals surface area contributed by atoms with Gasteiger partial charge >= 0.3 is 0 Å². The topological polar surface area (TPSA) is 15.3 Å². The van der Waals surface area contributed by atoms with Crippen LogP contribution in [0.1, 0.15) is 44.6 Å². The summed E-state index contributed by atoms with van der Waals surface area (Å²) in [4.78, 5) is 2.39. The van der Waals surface area contributed by atoms with Gasteiger partial charge in [-0.2, -0.15) is 0 Å². The summed E-state index contributed by atoms with van der Waals surface area (Å²) >= 11 is 0. The van der Waals surface area contributed by atoms with Crippen molar-refractivity contribution in [2.45, 2.75) is 51.1 Å². The van der Waals surface area contributed by atoms with E-state index in [4.69, 9.17) is 0 Å². The van der Waals surface area contributed by atoms with Crippen LogP contribution in [0.15, 0.2) is 24.3 Å². The molecule has 1 aromatic rings. The molecule has 0 aromatic heterocycles. The molecule has 0 radical (unpaired) electrons. The highest BCUT2D eigenvalue weighted by Crippen LogP contribution is 2.37. The fourth-order valence-electron chi connectivity index (χ4n) is 2.82. The summed E-state index contributed by atoms with van der Waals surface area (Å²) in [6, 6.07) is 8.39. The van der Waals surface area contributed by atoms with Crippen LogP contribution < -0.4 is 5.32 Å². The zero-order valence-corrected chi connectivity index (χ0v) is 12.9. The van der Waals surface area contributed by atoms with Gasteiger partial charge in [0, 0.05) is 25.2 Å². The Bertz CT molecular complexity index is 415. The molecule has 1 atom stereocenters. The van der Waals surface area contributed by atoms with Crippen LogP contribution in [0.4, 0.5) is 4.39 Å².